The summed E-state index contributed by atoms with van der Waals surface area (Å²) in [5, 5.41) is 3.33. The van der Waals surface area contributed by atoms with E-state index in [2.05, 4.69) is 25.4 Å². The summed E-state index contributed by atoms with van der Waals surface area (Å²) in [7, 11) is 0. The van der Waals surface area contributed by atoms with Crippen molar-refractivity contribution in [3.63, 3.8) is 0 Å². The van der Waals surface area contributed by atoms with Crippen LogP contribution in [0.15, 0.2) is 0 Å². The van der Waals surface area contributed by atoms with Crippen LogP contribution in [0.1, 0.15) is 33.1 Å². The molecular weight excluding hydrogens is 220 g/mol. The van der Waals surface area contributed by atoms with Gasteiger partial charge in [0, 0.05) is 12.6 Å². The zero-order valence-corrected chi connectivity index (χ0v) is 11.5. The van der Waals surface area contributed by atoms with Crippen LogP contribution >= 0.6 is 11.8 Å². The molecule has 1 heterocycles. The zero-order chi connectivity index (χ0) is 12.0. The fourth-order valence-corrected chi connectivity index (χ4v) is 2.67. The molecule has 16 heavy (non-hydrogen) atoms. The standard InChI is InChI=1S/C12H24N2OS/c1-4-7-13-11-5-8-14(12(11)15)10(2)6-9-16-3/h10-11,13H,4-9H2,1-3H3. The van der Waals surface area contributed by atoms with Crippen LogP contribution in [0, 0.1) is 0 Å². The summed E-state index contributed by atoms with van der Waals surface area (Å²) >= 11 is 1.85. The molecule has 0 aromatic rings. The van der Waals surface area contributed by atoms with Gasteiger partial charge >= 0.3 is 0 Å². The third-order valence-corrected chi connectivity index (χ3v) is 3.80. The number of nitrogens with one attached hydrogen (secondary N) is 1. The highest BCUT2D eigenvalue weighted by Crippen LogP contribution is 2.17. The van der Waals surface area contributed by atoms with Crippen molar-refractivity contribution in [1.82, 2.24) is 10.2 Å². The van der Waals surface area contributed by atoms with Gasteiger partial charge in [-0.3, -0.25) is 4.79 Å². The Morgan fingerprint density at radius 3 is 3.00 bits per heavy atom. The minimum Gasteiger partial charge on any atom is -0.339 e. The normalized spacial score (nSPS) is 22.8. The molecule has 0 saturated carbocycles. The van der Waals surface area contributed by atoms with Crippen LogP contribution in [0.2, 0.25) is 0 Å². The molecule has 0 bridgehead atoms. The molecular formula is C12H24N2OS. The lowest BCUT2D eigenvalue weighted by Crippen LogP contribution is -2.42. The maximum absolute atomic E-state index is 12.1. The highest BCUT2D eigenvalue weighted by Gasteiger charge is 2.33. The van der Waals surface area contributed by atoms with Gasteiger partial charge in [0.2, 0.25) is 5.91 Å². The molecule has 3 nitrogen and oxygen atoms in total. The van der Waals surface area contributed by atoms with Crippen molar-refractivity contribution in [2.45, 2.75) is 45.2 Å². The van der Waals surface area contributed by atoms with Crippen molar-refractivity contribution in [2.75, 3.05) is 25.1 Å². The van der Waals surface area contributed by atoms with Crippen molar-refractivity contribution in [3.05, 3.63) is 0 Å². The Balaban J connectivity index is 2.37. The maximum Gasteiger partial charge on any atom is 0.240 e. The molecule has 0 spiro atoms. The summed E-state index contributed by atoms with van der Waals surface area (Å²) < 4.78 is 0. The van der Waals surface area contributed by atoms with Gasteiger partial charge in [0.05, 0.1) is 6.04 Å². The van der Waals surface area contributed by atoms with Crippen molar-refractivity contribution in [1.29, 1.82) is 0 Å². The number of nitrogens with zero attached hydrogens (tertiary/aromatic N) is 1. The second-order valence-electron chi connectivity index (χ2n) is 4.46. The number of likely N-dealkylation sites (tertiary alicyclic amines) is 1. The molecule has 1 N–H and O–H groups in total. The van der Waals surface area contributed by atoms with Gasteiger partial charge in [0.25, 0.3) is 0 Å². The fraction of sp³-hybridized carbons (Fsp3) is 0.917. The summed E-state index contributed by atoms with van der Waals surface area (Å²) in [5.74, 6) is 1.44. The summed E-state index contributed by atoms with van der Waals surface area (Å²) in [4.78, 5) is 14.1. The quantitative estimate of drug-likeness (QED) is 0.740. The first kappa shape index (κ1) is 13.8. The third kappa shape index (κ3) is 3.67. The second kappa shape index (κ2) is 7.17. The molecule has 1 aliphatic heterocycles. The Labute approximate surface area is 103 Å². The molecule has 2 atom stereocenters. The van der Waals surface area contributed by atoms with Crippen molar-refractivity contribution in [3.8, 4) is 0 Å². The third-order valence-electron chi connectivity index (χ3n) is 3.15. The van der Waals surface area contributed by atoms with E-state index in [0.717, 1.165) is 38.1 Å². The van der Waals surface area contributed by atoms with E-state index in [4.69, 9.17) is 0 Å². The number of rotatable bonds is 7. The summed E-state index contributed by atoms with van der Waals surface area (Å²) in [6, 6.07) is 0.477. The lowest BCUT2D eigenvalue weighted by atomic mass is 10.2. The number of carbonyl (C=O) groups excluding carboxylic acids is 1. The molecule has 1 saturated heterocycles. The number of hydrogen-bond donors (Lipinski definition) is 1. The van der Waals surface area contributed by atoms with E-state index in [1.54, 1.807) is 0 Å². The molecule has 0 aliphatic carbocycles. The minimum absolute atomic E-state index is 0.0803. The molecule has 4 heteroatoms. The van der Waals surface area contributed by atoms with Crippen LogP contribution in [-0.2, 0) is 4.79 Å². The molecule has 1 amide bonds. The number of hydrogen-bond acceptors (Lipinski definition) is 3. The first-order valence-electron chi connectivity index (χ1n) is 6.23. The molecule has 2 unspecified atom stereocenters. The van der Waals surface area contributed by atoms with Gasteiger partial charge in [-0.25, -0.2) is 0 Å². The van der Waals surface area contributed by atoms with E-state index in [1.165, 1.54) is 0 Å². The SMILES string of the molecule is CCCNC1CCN(C(C)CCSC)C1=O. The van der Waals surface area contributed by atoms with E-state index in [0.29, 0.717) is 11.9 Å². The molecule has 94 valence electrons. The van der Waals surface area contributed by atoms with E-state index in [9.17, 15) is 4.79 Å². The van der Waals surface area contributed by atoms with Gasteiger partial charge in [0.15, 0.2) is 0 Å². The molecule has 1 aliphatic rings. The van der Waals surface area contributed by atoms with Crippen LogP contribution in [0.3, 0.4) is 0 Å². The van der Waals surface area contributed by atoms with Gasteiger partial charge in [-0.15, -0.1) is 0 Å². The van der Waals surface area contributed by atoms with E-state index < -0.39 is 0 Å². The highest BCUT2D eigenvalue weighted by molar-refractivity contribution is 7.98. The smallest absolute Gasteiger partial charge is 0.240 e. The summed E-state index contributed by atoms with van der Waals surface area (Å²) in [6.45, 7) is 6.17. The van der Waals surface area contributed by atoms with Gasteiger partial charge in [0.1, 0.15) is 0 Å². The molecule has 1 rings (SSSR count). The first-order valence-corrected chi connectivity index (χ1v) is 7.62. The van der Waals surface area contributed by atoms with E-state index in [1.807, 2.05) is 16.7 Å². The molecule has 1 fully saturated rings. The summed E-state index contributed by atoms with van der Waals surface area (Å²) in [5.41, 5.74) is 0. The lowest BCUT2D eigenvalue weighted by Gasteiger charge is -2.24. The van der Waals surface area contributed by atoms with Crippen molar-refractivity contribution >= 4 is 17.7 Å². The number of carbonyl (C=O) groups is 1. The van der Waals surface area contributed by atoms with E-state index in [-0.39, 0.29) is 6.04 Å². The second-order valence-corrected chi connectivity index (χ2v) is 5.44. The van der Waals surface area contributed by atoms with Crippen LogP contribution in [-0.4, -0.2) is 48.0 Å². The van der Waals surface area contributed by atoms with E-state index >= 15 is 0 Å². The van der Waals surface area contributed by atoms with Gasteiger partial charge in [-0.05, 0) is 44.7 Å². The average Bonchev–Trinajstić information content (AvgIpc) is 2.65. The maximum atomic E-state index is 12.1. The van der Waals surface area contributed by atoms with Crippen molar-refractivity contribution < 1.29 is 4.79 Å². The number of thioether (sulfide) groups is 1. The van der Waals surface area contributed by atoms with Crippen molar-refractivity contribution in [2.24, 2.45) is 0 Å². The van der Waals surface area contributed by atoms with Crippen LogP contribution < -0.4 is 5.32 Å². The Bertz CT molecular complexity index is 223. The van der Waals surface area contributed by atoms with Gasteiger partial charge in [-0.1, -0.05) is 6.92 Å². The predicted octanol–water partition coefficient (Wildman–Crippen LogP) is 1.73. The zero-order valence-electron chi connectivity index (χ0n) is 10.7. The average molecular weight is 244 g/mol. The summed E-state index contributed by atoms with van der Waals surface area (Å²) in [6.07, 6.45) is 5.28. The predicted molar refractivity (Wildman–Crippen MR) is 70.9 cm³/mol. The Kier molecular flexibility index (Phi) is 6.21. The van der Waals surface area contributed by atoms with Crippen LogP contribution in [0.25, 0.3) is 0 Å². The molecule has 0 aromatic carbocycles. The fourth-order valence-electron chi connectivity index (χ4n) is 2.09. The van der Waals surface area contributed by atoms with Crippen LogP contribution in [0.5, 0.6) is 0 Å². The largest absolute Gasteiger partial charge is 0.339 e. The lowest BCUT2D eigenvalue weighted by molar-refractivity contribution is -0.131. The monoisotopic (exact) mass is 244 g/mol. The first-order chi connectivity index (χ1) is 7.70. The Morgan fingerprint density at radius 1 is 1.62 bits per heavy atom. The van der Waals surface area contributed by atoms with Gasteiger partial charge < -0.3 is 10.2 Å². The topological polar surface area (TPSA) is 32.3 Å². The Morgan fingerprint density at radius 2 is 2.38 bits per heavy atom. The minimum atomic E-state index is 0.0803. The molecule has 0 radical (unpaired) electrons. The highest BCUT2D eigenvalue weighted by atomic mass is 32.2. The number of amides is 1. The molecule has 0 aromatic heterocycles. The van der Waals surface area contributed by atoms with Gasteiger partial charge in [-0.2, -0.15) is 11.8 Å². The van der Waals surface area contributed by atoms with Crippen LogP contribution in [0.4, 0.5) is 0 Å². The Hall–Kier alpha value is -0.220.